The molecule has 0 spiro atoms. The zero-order valence-corrected chi connectivity index (χ0v) is 44.5. The van der Waals surface area contributed by atoms with Crippen LogP contribution >= 0.6 is 22.9 Å². The maximum atomic E-state index is 14.4. The molecule has 1 N–H and O–H groups in total. The third kappa shape index (κ3) is 13.8. The lowest BCUT2D eigenvalue weighted by Gasteiger charge is -2.36. The number of methoxy groups -OCH3 is 2. The van der Waals surface area contributed by atoms with Crippen LogP contribution < -0.4 is 18.9 Å². The molecule has 3 aromatic heterocycles. The van der Waals surface area contributed by atoms with Crippen LogP contribution in [0.2, 0.25) is 5.02 Å². The molecule has 19 heteroatoms. The van der Waals surface area contributed by atoms with Gasteiger partial charge in [-0.2, -0.15) is 0 Å². The number of hydrogen-bond donors (Lipinski definition) is 1. The first-order valence-electron chi connectivity index (χ1n) is 25.4. The average molecular weight is 1080 g/mol. The topological polar surface area (TPSA) is 169 Å². The Labute approximate surface area is 450 Å². The van der Waals surface area contributed by atoms with Crippen LogP contribution in [0.1, 0.15) is 28.8 Å². The fourth-order valence-electron chi connectivity index (χ4n) is 9.33. The third-order valence-electron chi connectivity index (χ3n) is 13.4. The standard InChI is InChI=1S/C57H62ClFN6O10S/c1-37-44-15-17-48(52(37)58)74-43(34-65-22-20-64(21-23-65)24-25-70-28-29-72-31-30-71-27-26-68-2)14-8-38-9-16-46(73-35-42-18-19-60-54(63-42)45-6-4-5-7-47(45)69-3)40(32-38)33-49(57(66)67)75-55-51-50(44)53(76-56(51)62-36-61-55)39-10-12-41(59)13-11-39/h4-7,9-13,15-19,32,36,43,49H,8,14,20-31,33-35H2,1-3H3,(H,66,67)/t43-,49+/m0/s1. The number of rotatable bonds is 21. The molecule has 4 aromatic carbocycles. The van der Waals surface area contributed by atoms with Gasteiger partial charge >= 0.3 is 5.97 Å². The van der Waals surface area contributed by atoms with Crippen molar-refractivity contribution in [2.45, 2.75) is 45.0 Å². The number of nitrogens with zero attached hydrogens (tertiary/aromatic N) is 6. The van der Waals surface area contributed by atoms with Crippen LogP contribution in [0.3, 0.4) is 0 Å². The number of carbonyl (C=O) groups is 1. The zero-order valence-electron chi connectivity index (χ0n) is 42.9. The summed E-state index contributed by atoms with van der Waals surface area (Å²) >= 11 is 8.73. The fraction of sp³-hybridized carbons (Fsp3) is 0.386. The normalized spacial score (nSPS) is 16.3. The molecule has 0 unspecified atom stereocenters. The molecule has 0 aliphatic carbocycles. The van der Waals surface area contributed by atoms with E-state index < -0.39 is 12.1 Å². The van der Waals surface area contributed by atoms with E-state index in [-0.39, 0.29) is 30.8 Å². The monoisotopic (exact) mass is 1080 g/mol. The largest absolute Gasteiger partial charge is 0.496 e. The number of benzene rings is 4. The molecule has 0 amide bonds. The summed E-state index contributed by atoms with van der Waals surface area (Å²) in [6.45, 7) is 10.7. The number of aliphatic carboxylic acids is 1. The zero-order chi connectivity index (χ0) is 52.8. The first-order chi connectivity index (χ1) is 37.1. The number of fused-ring (bicyclic) bond motifs is 7. The van der Waals surface area contributed by atoms with Crippen LogP contribution in [0.5, 0.6) is 23.1 Å². The van der Waals surface area contributed by atoms with E-state index in [1.54, 1.807) is 38.6 Å². The number of aromatic nitrogens is 4. The van der Waals surface area contributed by atoms with E-state index in [1.807, 2.05) is 61.5 Å². The van der Waals surface area contributed by atoms with Crippen molar-refractivity contribution in [2.24, 2.45) is 0 Å². The number of ether oxygens (including phenoxy) is 8. The Balaban J connectivity index is 0.993. The van der Waals surface area contributed by atoms with Crippen molar-refractivity contribution in [3.05, 3.63) is 131 Å². The Morgan fingerprint density at radius 2 is 1.58 bits per heavy atom. The number of para-hydroxylation sites is 1. The van der Waals surface area contributed by atoms with E-state index in [0.717, 1.165) is 65.4 Å². The second-order valence-electron chi connectivity index (χ2n) is 18.4. The lowest BCUT2D eigenvalue weighted by Crippen LogP contribution is -2.50. The molecular formula is C57H62ClFN6O10S. The smallest absolute Gasteiger partial charge is 0.345 e. The summed E-state index contributed by atoms with van der Waals surface area (Å²) in [6, 6.07) is 25.2. The highest BCUT2D eigenvalue weighted by atomic mass is 35.5. The van der Waals surface area contributed by atoms with Crippen molar-refractivity contribution in [1.82, 2.24) is 29.7 Å². The van der Waals surface area contributed by atoms with Crippen LogP contribution in [0.15, 0.2) is 97.5 Å². The van der Waals surface area contributed by atoms with E-state index in [1.165, 1.54) is 29.8 Å². The first kappa shape index (κ1) is 54.4. The Kier molecular flexibility index (Phi) is 19.1. The predicted octanol–water partition coefficient (Wildman–Crippen LogP) is 9.25. The van der Waals surface area contributed by atoms with Gasteiger partial charge in [-0.1, -0.05) is 54.1 Å². The molecule has 400 valence electrons. The van der Waals surface area contributed by atoms with E-state index in [4.69, 9.17) is 54.5 Å². The molecule has 1 saturated heterocycles. The molecule has 0 saturated carbocycles. The molecule has 0 radical (unpaired) electrons. The van der Waals surface area contributed by atoms with Gasteiger partial charge in [0.15, 0.2) is 5.82 Å². The fourth-order valence-corrected chi connectivity index (χ4v) is 10.7. The van der Waals surface area contributed by atoms with Gasteiger partial charge in [0.05, 0.1) is 75.0 Å². The number of aryl methyl sites for hydroxylation is 1. The Hall–Kier alpha value is -6.35. The Morgan fingerprint density at radius 3 is 2.34 bits per heavy atom. The molecule has 3 aliphatic heterocycles. The minimum Gasteiger partial charge on any atom is -0.496 e. The van der Waals surface area contributed by atoms with Crippen LogP contribution in [0.4, 0.5) is 4.39 Å². The minimum atomic E-state index is -1.41. The Bertz CT molecular complexity index is 3050. The van der Waals surface area contributed by atoms with Crippen LogP contribution in [0, 0.1) is 12.7 Å². The summed E-state index contributed by atoms with van der Waals surface area (Å²) in [5.41, 5.74) is 5.81. The molecule has 1 fully saturated rings. The maximum Gasteiger partial charge on any atom is 0.345 e. The molecule has 7 aromatic rings. The van der Waals surface area contributed by atoms with E-state index in [2.05, 4.69) is 24.8 Å². The number of carboxylic acids is 1. The Morgan fingerprint density at radius 1 is 0.829 bits per heavy atom. The van der Waals surface area contributed by atoms with Gasteiger partial charge in [-0.05, 0) is 90.0 Å². The number of hydrogen-bond acceptors (Lipinski definition) is 16. The number of thiophene rings is 1. The highest BCUT2D eigenvalue weighted by Crippen LogP contribution is 2.50. The van der Waals surface area contributed by atoms with Gasteiger partial charge in [0.2, 0.25) is 12.0 Å². The molecule has 4 bridgehead atoms. The summed E-state index contributed by atoms with van der Waals surface area (Å²) in [6.07, 6.45) is 2.50. The third-order valence-corrected chi connectivity index (χ3v) is 15.0. The number of halogens is 2. The summed E-state index contributed by atoms with van der Waals surface area (Å²) < 4.78 is 61.9. The predicted molar refractivity (Wildman–Crippen MR) is 288 cm³/mol. The quantitative estimate of drug-likeness (QED) is 0.0675. The second kappa shape index (κ2) is 26.6. The number of piperazine rings is 1. The van der Waals surface area contributed by atoms with Crippen molar-refractivity contribution in [3.8, 4) is 56.1 Å². The van der Waals surface area contributed by atoms with Crippen LogP contribution in [-0.2, 0) is 43.2 Å². The van der Waals surface area contributed by atoms with E-state index in [9.17, 15) is 14.3 Å². The SMILES string of the molecule is COCCOCCOCCOCCN1CCN(C[C@@H]2CCc3ccc(OCc4ccnc(-c5ccccc5OC)n4)c(c3)C[C@H](C(=O)O)Oc3ncnc4sc(-c5ccc(F)cc5)c(c34)-c3ccc(c(Cl)c3C)O2)CC1. The molecule has 16 nitrogen and oxygen atoms in total. The van der Waals surface area contributed by atoms with E-state index in [0.29, 0.717) is 121 Å². The molecule has 3 aliphatic rings. The van der Waals surface area contributed by atoms with Gasteiger partial charge in [0.1, 0.15) is 46.9 Å². The summed E-state index contributed by atoms with van der Waals surface area (Å²) in [7, 11) is 3.25. The van der Waals surface area contributed by atoms with Gasteiger partial charge in [-0.25, -0.2) is 29.1 Å². The number of carboxylic acid groups (broad SMARTS) is 1. The van der Waals surface area contributed by atoms with Crippen LogP contribution in [0.25, 0.3) is 43.2 Å². The first-order valence-corrected chi connectivity index (χ1v) is 26.6. The van der Waals surface area contributed by atoms with Crippen molar-refractivity contribution in [1.29, 1.82) is 0 Å². The second-order valence-corrected chi connectivity index (χ2v) is 19.8. The summed E-state index contributed by atoms with van der Waals surface area (Å²) in [4.78, 5) is 38.1. The molecular weight excluding hydrogens is 1020 g/mol. The lowest BCUT2D eigenvalue weighted by atomic mass is 9.96. The average Bonchev–Trinajstić information content (AvgIpc) is 3.85. The summed E-state index contributed by atoms with van der Waals surface area (Å²) in [5, 5.41) is 11.9. The molecule has 6 heterocycles. The van der Waals surface area contributed by atoms with Crippen molar-refractivity contribution < 1.29 is 52.2 Å². The maximum absolute atomic E-state index is 14.4. The van der Waals surface area contributed by atoms with Crippen molar-refractivity contribution in [3.63, 3.8) is 0 Å². The lowest BCUT2D eigenvalue weighted by molar-refractivity contribution is -0.145. The summed E-state index contributed by atoms with van der Waals surface area (Å²) in [5.74, 6) is 0.638. The van der Waals surface area contributed by atoms with Gasteiger partial charge in [-0.15, -0.1) is 11.3 Å². The highest BCUT2D eigenvalue weighted by Gasteiger charge is 2.30. The van der Waals surface area contributed by atoms with Gasteiger partial charge < -0.3 is 43.0 Å². The minimum absolute atomic E-state index is 0.0710. The van der Waals surface area contributed by atoms with Crippen molar-refractivity contribution >= 4 is 39.1 Å². The highest BCUT2D eigenvalue weighted by molar-refractivity contribution is 7.22. The van der Waals surface area contributed by atoms with Gasteiger partial charge in [0.25, 0.3) is 0 Å². The molecule has 10 rings (SSSR count). The van der Waals surface area contributed by atoms with Crippen molar-refractivity contribution in [2.75, 3.05) is 99.7 Å². The van der Waals surface area contributed by atoms with E-state index >= 15 is 0 Å². The van der Waals surface area contributed by atoms with Gasteiger partial charge in [0, 0.05) is 69.4 Å². The van der Waals surface area contributed by atoms with Crippen LogP contribution in [-0.4, -0.2) is 153 Å². The molecule has 76 heavy (non-hydrogen) atoms. The molecule has 2 atom stereocenters. The van der Waals surface area contributed by atoms with Gasteiger partial charge in [-0.3, -0.25) is 9.80 Å².